The number of fused-ring (bicyclic) bond motifs is 3. The number of likely N-dealkylation sites (N-methyl/N-ethyl adjacent to an activating group) is 1. The van der Waals surface area contributed by atoms with E-state index >= 15 is 0 Å². The molecule has 0 unspecified atom stereocenters. The molecule has 4 aromatic rings. The van der Waals surface area contributed by atoms with Gasteiger partial charge in [-0.05, 0) is 40.1 Å². The molecule has 29 heavy (non-hydrogen) atoms. The Morgan fingerprint density at radius 3 is 2.72 bits per heavy atom. The predicted octanol–water partition coefficient (Wildman–Crippen LogP) is 3.83. The van der Waals surface area contributed by atoms with Gasteiger partial charge in [0.2, 0.25) is 5.91 Å². The highest BCUT2D eigenvalue weighted by Gasteiger charge is 2.18. The number of hydrogen-bond donors (Lipinski definition) is 0. The maximum atomic E-state index is 13.3. The predicted molar refractivity (Wildman–Crippen MR) is 118 cm³/mol. The first-order valence-corrected chi connectivity index (χ1v) is 10.3. The Kier molecular flexibility index (Phi) is 5.47. The molecule has 1 aromatic carbocycles. The van der Waals surface area contributed by atoms with Crippen LogP contribution in [0.5, 0.6) is 0 Å². The molecule has 0 aliphatic carbocycles. The van der Waals surface area contributed by atoms with Gasteiger partial charge in [0.05, 0.1) is 23.2 Å². The monoisotopic (exact) mass is 406 g/mol. The molecule has 3 aromatic heterocycles. The second kappa shape index (κ2) is 8.19. The van der Waals surface area contributed by atoms with E-state index in [-0.39, 0.29) is 17.9 Å². The van der Waals surface area contributed by atoms with Gasteiger partial charge in [-0.3, -0.25) is 14.0 Å². The minimum atomic E-state index is -0.0783. The quantitative estimate of drug-likeness (QED) is 0.489. The molecule has 6 heteroatoms. The summed E-state index contributed by atoms with van der Waals surface area (Å²) >= 11 is 1.59. The first-order chi connectivity index (χ1) is 14.1. The Labute approximate surface area is 172 Å². The summed E-state index contributed by atoms with van der Waals surface area (Å²) in [5, 5.41) is 3.08. The fourth-order valence-electron chi connectivity index (χ4n) is 3.50. The minimum Gasteiger partial charge on any atom is -0.383 e. The highest BCUT2D eigenvalue weighted by Crippen LogP contribution is 2.29. The van der Waals surface area contributed by atoms with Gasteiger partial charge in [0.25, 0.3) is 5.56 Å². The van der Waals surface area contributed by atoms with E-state index in [4.69, 9.17) is 4.74 Å². The van der Waals surface area contributed by atoms with Gasteiger partial charge in [-0.15, -0.1) is 11.3 Å². The number of rotatable bonds is 6. The Morgan fingerprint density at radius 1 is 1.17 bits per heavy atom. The number of methoxy groups -OCH3 is 1. The first-order valence-electron chi connectivity index (χ1n) is 9.43. The summed E-state index contributed by atoms with van der Waals surface area (Å²) in [4.78, 5) is 27.8. The zero-order chi connectivity index (χ0) is 20.4. The number of ether oxygens (including phenoxy) is 1. The SMILES string of the molecule is COCCN(C)C(=O)Cc1cc(-c2ccccc2)c(=O)n2ccc3ccsc3c12. The molecule has 0 N–H and O–H groups in total. The first kappa shape index (κ1) is 19.4. The molecule has 0 bridgehead atoms. The largest absolute Gasteiger partial charge is 0.383 e. The number of amides is 1. The van der Waals surface area contributed by atoms with Crippen LogP contribution in [0.2, 0.25) is 0 Å². The molecule has 0 saturated carbocycles. The van der Waals surface area contributed by atoms with E-state index in [1.54, 1.807) is 34.8 Å². The number of carbonyl (C=O) groups is 1. The number of thiophene rings is 1. The maximum absolute atomic E-state index is 13.3. The van der Waals surface area contributed by atoms with Gasteiger partial charge in [0, 0.05) is 32.5 Å². The number of carbonyl (C=O) groups excluding carboxylic acids is 1. The topological polar surface area (TPSA) is 51.0 Å². The van der Waals surface area contributed by atoms with Crippen molar-refractivity contribution in [1.82, 2.24) is 9.30 Å². The van der Waals surface area contributed by atoms with Crippen LogP contribution < -0.4 is 5.56 Å². The molecule has 0 spiro atoms. The zero-order valence-corrected chi connectivity index (χ0v) is 17.2. The van der Waals surface area contributed by atoms with E-state index in [2.05, 4.69) is 0 Å². The molecular formula is C23H22N2O3S. The maximum Gasteiger partial charge on any atom is 0.263 e. The van der Waals surface area contributed by atoms with Gasteiger partial charge < -0.3 is 9.64 Å². The van der Waals surface area contributed by atoms with Crippen LogP contribution in [-0.4, -0.2) is 42.5 Å². The van der Waals surface area contributed by atoms with Crippen molar-refractivity contribution in [2.45, 2.75) is 6.42 Å². The van der Waals surface area contributed by atoms with E-state index in [0.717, 1.165) is 26.7 Å². The Balaban J connectivity index is 1.90. The van der Waals surface area contributed by atoms with Gasteiger partial charge in [-0.2, -0.15) is 0 Å². The number of hydrogen-bond acceptors (Lipinski definition) is 4. The fourth-order valence-corrected chi connectivity index (χ4v) is 4.46. The second-order valence-corrected chi connectivity index (χ2v) is 7.89. The molecule has 0 aliphatic rings. The zero-order valence-electron chi connectivity index (χ0n) is 16.4. The number of nitrogens with zero attached hydrogens (tertiary/aromatic N) is 2. The Morgan fingerprint density at radius 2 is 1.97 bits per heavy atom. The standard InChI is InChI=1S/C23H22N2O3S/c1-24(11-12-28-2)20(26)15-18-14-19(16-6-4-3-5-7-16)23(27)25-10-8-17-9-13-29-22(17)21(18)25/h3-10,13-14H,11-12,15H2,1-2H3. The Hall–Kier alpha value is -2.96. The van der Waals surface area contributed by atoms with Crippen LogP contribution in [0.4, 0.5) is 0 Å². The van der Waals surface area contributed by atoms with E-state index in [1.807, 2.05) is 60.1 Å². The van der Waals surface area contributed by atoms with E-state index in [9.17, 15) is 9.59 Å². The normalized spacial score (nSPS) is 11.2. The second-order valence-electron chi connectivity index (χ2n) is 6.98. The number of pyridine rings is 2. The molecular weight excluding hydrogens is 384 g/mol. The lowest BCUT2D eigenvalue weighted by Crippen LogP contribution is -2.31. The molecule has 0 aliphatic heterocycles. The van der Waals surface area contributed by atoms with E-state index < -0.39 is 0 Å². The summed E-state index contributed by atoms with van der Waals surface area (Å²) in [5.74, 6) is -0.00447. The average Bonchev–Trinajstić information content (AvgIpc) is 3.23. The lowest BCUT2D eigenvalue weighted by Gasteiger charge is -2.18. The van der Waals surface area contributed by atoms with Crippen LogP contribution in [0.3, 0.4) is 0 Å². The van der Waals surface area contributed by atoms with Crippen LogP contribution >= 0.6 is 11.3 Å². The summed E-state index contributed by atoms with van der Waals surface area (Å²) in [6.45, 7) is 1.02. The third kappa shape index (κ3) is 3.69. The van der Waals surface area contributed by atoms with Crippen molar-refractivity contribution in [2.24, 2.45) is 0 Å². The summed E-state index contributed by atoms with van der Waals surface area (Å²) in [7, 11) is 3.40. The van der Waals surface area contributed by atoms with E-state index in [1.165, 1.54) is 0 Å². The van der Waals surface area contributed by atoms with Gasteiger partial charge in [-0.25, -0.2) is 0 Å². The van der Waals surface area contributed by atoms with Gasteiger partial charge >= 0.3 is 0 Å². The lowest BCUT2D eigenvalue weighted by atomic mass is 10.0. The van der Waals surface area contributed by atoms with Crippen molar-refractivity contribution in [1.29, 1.82) is 0 Å². The molecule has 4 rings (SSSR count). The van der Waals surface area contributed by atoms with Crippen LogP contribution in [0.25, 0.3) is 26.7 Å². The van der Waals surface area contributed by atoms with Crippen molar-refractivity contribution in [2.75, 3.05) is 27.3 Å². The minimum absolute atomic E-state index is 0.00447. The molecule has 0 radical (unpaired) electrons. The Bertz CT molecular complexity index is 1230. The van der Waals surface area contributed by atoms with Crippen molar-refractivity contribution in [3.63, 3.8) is 0 Å². The highest BCUT2D eigenvalue weighted by molar-refractivity contribution is 7.18. The number of benzene rings is 1. The van der Waals surface area contributed by atoms with Crippen molar-refractivity contribution < 1.29 is 9.53 Å². The van der Waals surface area contributed by atoms with Crippen LogP contribution in [0.1, 0.15) is 5.56 Å². The summed E-state index contributed by atoms with van der Waals surface area (Å²) in [6.07, 6.45) is 2.03. The molecule has 3 heterocycles. The van der Waals surface area contributed by atoms with Crippen molar-refractivity contribution >= 4 is 32.8 Å². The molecule has 0 saturated heterocycles. The molecule has 1 amide bonds. The van der Waals surface area contributed by atoms with Crippen LogP contribution in [0, 0.1) is 0 Å². The third-order valence-corrected chi connectivity index (χ3v) is 6.05. The van der Waals surface area contributed by atoms with Crippen LogP contribution in [0.15, 0.2) is 64.9 Å². The molecule has 0 fully saturated rings. The number of aromatic nitrogens is 1. The lowest BCUT2D eigenvalue weighted by molar-refractivity contribution is -0.129. The van der Waals surface area contributed by atoms with Crippen molar-refractivity contribution in [3.8, 4) is 11.1 Å². The molecule has 5 nitrogen and oxygen atoms in total. The smallest absolute Gasteiger partial charge is 0.263 e. The molecule has 148 valence electrons. The van der Waals surface area contributed by atoms with Crippen LogP contribution in [-0.2, 0) is 16.0 Å². The highest BCUT2D eigenvalue weighted by atomic mass is 32.1. The third-order valence-electron chi connectivity index (χ3n) is 5.11. The summed E-state index contributed by atoms with van der Waals surface area (Å²) in [6, 6.07) is 15.5. The van der Waals surface area contributed by atoms with Crippen molar-refractivity contribution in [3.05, 3.63) is 76.0 Å². The summed E-state index contributed by atoms with van der Waals surface area (Å²) < 4.78 is 7.78. The van der Waals surface area contributed by atoms with E-state index in [0.29, 0.717) is 18.7 Å². The van der Waals surface area contributed by atoms with Gasteiger partial charge in [0.1, 0.15) is 0 Å². The van der Waals surface area contributed by atoms with Gasteiger partial charge in [0.15, 0.2) is 0 Å². The fraction of sp³-hybridized carbons (Fsp3) is 0.217. The molecule has 0 atom stereocenters. The van der Waals surface area contributed by atoms with Gasteiger partial charge in [-0.1, -0.05) is 30.3 Å². The summed E-state index contributed by atoms with van der Waals surface area (Å²) in [5.41, 5.74) is 3.04. The average molecular weight is 407 g/mol.